The van der Waals surface area contributed by atoms with Crippen molar-refractivity contribution in [1.29, 1.82) is 5.41 Å². The van der Waals surface area contributed by atoms with Crippen LogP contribution in [0.15, 0.2) is 36.4 Å². The van der Waals surface area contributed by atoms with Gasteiger partial charge in [0.15, 0.2) is 5.69 Å². The van der Waals surface area contributed by atoms with E-state index in [-0.39, 0.29) is 42.8 Å². The van der Waals surface area contributed by atoms with Crippen molar-refractivity contribution in [3.05, 3.63) is 36.4 Å². The van der Waals surface area contributed by atoms with Crippen LogP contribution in [0.1, 0.15) is 19.8 Å². The van der Waals surface area contributed by atoms with Gasteiger partial charge in [-0.1, -0.05) is 11.6 Å². The van der Waals surface area contributed by atoms with E-state index in [1.165, 1.54) is 16.8 Å². The Morgan fingerprint density at radius 1 is 1.41 bits per heavy atom. The van der Waals surface area contributed by atoms with Crippen LogP contribution in [0.25, 0.3) is 0 Å². The molecule has 6 nitrogen and oxygen atoms in total. The van der Waals surface area contributed by atoms with Crippen molar-refractivity contribution in [2.75, 3.05) is 26.7 Å². The summed E-state index contributed by atoms with van der Waals surface area (Å²) in [6.45, 7) is 2.03. The summed E-state index contributed by atoms with van der Waals surface area (Å²) in [6.07, 6.45) is -0.313. The Balaban J connectivity index is 2.70. The number of aromatic nitrogens is 1. The Bertz CT molecular complexity index is 652. The van der Waals surface area contributed by atoms with E-state index in [4.69, 9.17) is 17.0 Å². The Hall–Kier alpha value is -1.97. The fraction of sp³-hybridized carbons (Fsp3) is 0.471. The number of amides is 1. The van der Waals surface area contributed by atoms with Crippen molar-refractivity contribution < 1.29 is 23.3 Å². The van der Waals surface area contributed by atoms with Gasteiger partial charge in [0.05, 0.1) is 12.6 Å². The first-order chi connectivity index (χ1) is 12.6. The number of nitrogens with zero attached hydrogens (tertiary/aromatic N) is 3. The number of carbonyl (C=O) groups is 1. The maximum atomic E-state index is 12.5. The van der Waals surface area contributed by atoms with Gasteiger partial charge in [-0.2, -0.15) is 13.2 Å². The number of nitrogens with two attached hydrogens (primary N) is 1. The lowest BCUT2D eigenvalue weighted by atomic mass is 10.3. The van der Waals surface area contributed by atoms with Crippen molar-refractivity contribution in [2.24, 2.45) is 0 Å². The molecule has 0 saturated heterocycles. The summed E-state index contributed by atoms with van der Waals surface area (Å²) >= 11 is 5.84. The molecule has 0 bridgehead atoms. The van der Waals surface area contributed by atoms with Gasteiger partial charge in [-0.15, -0.1) is 0 Å². The second-order valence-corrected chi connectivity index (χ2v) is 6.25. The first-order valence-corrected chi connectivity index (χ1v) is 8.77. The molecule has 1 amide bonds. The van der Waals surface area contributed by atoms with Crippen molar-refractivity contribution in [1.82, 2.24) is 14.8 Å². The van der Waals surface area contributed by atoms with Crippen LogP contribution in [-0.2, 0) is 4.79 Å². The molecule has 150 valence electrons. The topological polar surface area (TPSA) is 76.9 Å². The standard InChI is InChI=1S/C17H23ClF3N5O/c1-3-26(15(27)6-9-25(2)10-7-17(19,20)21)14(16(18)22)12-24-13-5-4-8-23-11-13/h4-5,8,11-12,22,24H,3,6-7,9-10H2,1-2H3/p+1/b14-12+,22-16?. The lowest BCUT2D eigenvalue weighted by Gasteiger charge is -2.23. The molecule has 0 fully saturated rings. The molecule has 0 radical (unpaired) electrons. The number of carbonyl (C=O) groups excluding carboxylic acids is 1. The van der Waals surface area contributed by atoms with Gasteiger partial charge in [-0.25, -0.2) is 0 Å². The van der Waals surface area contributed by atoms with Gasteiger partial charge in [-0.05, 0) is 20.0 Å². The number of pyridine rings is 1. The van der Waals surface area contributed by atoms with Gasteiger partial charge < -0.3 is 9.80 Å². The number of hydrogen-bond acceptors (Lipinski definition) is 4. The zero-order chi connectivity index (χ0) is 20.4. The predicted octanol–water partition coefficient (Wildman–Crippen LogP) is 2.46. The van der Waals surface area contributed by atoms with Gasteiger partial charge in [0.1, 0.15) is 17.1 Å². The summed E-state index contributed by atoms with van der Waals surface area (Å²) < 4.78 is 36.8. The second kappa shape index (κ2) is 11.0. The number of halogens is 4. The third kappa shape index (κ3) is 8.98. The van der Waals surface area contributed by atoms with Crippen LogP contribution >= 0.6 is 11.6 Å². The molecule has 1 aromatic rings. The zero-order valence-corrected chi connectivity index (χ0v) is 16.0. The van der Waals surface area contributed by atoms with Crippen LogP contribution < -0.4 is 5.32 Å². The quantitative estimate of drug-likeness (QED) is 0.586. The third-order valence-electron chi connectivity index (χ3n) is 3.74. The lowest BCUT2D eigenvalue weighted by Crippen LogP contribution is -2.72. The summed E-state index contributed by atoms with van der Waals surface area (Å²) in [5.74, 6) is -0.312. The van der Waals surface area contributed by atoms with Crippen LogP contribution in [0.5, 0.6) is 0 Å². The van der Waals surface area contributed by atoms with Gasteiger partial charge in [0, 0.05) is 38.3 Å². The maximum absolute atomic E-state index is 12.5. The number of allylic oxidation sites excluding steroid dienone is 1. The molecule has 27 heavy (non-hydrogen) atoms. The van der Waals surface area contributed by atoms with Crippen LogP contribution in [0.3, 0.4) is 0 Å². The Labute approximate surface area is 161 Å². The van der Waals surface area contributed by atoms with E-state index >= 15 is 0 Å². The number of rotatable bonds is 10. The molecular weight excluding hydrogens is 383 g/mol. The first kappa shape index (κ1) is 23.1. The van der Waals surface area contributed by atoms with Crippen molar-refractivity contribution >= 4 is 28.4 Å². The van der Waals surface area contributed by atoms with Crippen molar-refractivity contribution in [2.45, 2.75) is 25.9 Å². The molecule has 0 unspecified atom stereocenters. The molecule has 0 atom stereocenters. The largest absolute Gasteiger partial charge is 0.390 e. The smallest absolute Gasteiger partial charge is 0.306 e. The highest BCUT2D eigenvalue weighted by molar-refractivity contribution is 6.68. The highest BCUT2D eigenvalue weighted by Crippen LogP contribution is 2.19. The lowest BCUT2D eigenvalue weighted by molar-refractivity contribution is -0.497. The molecule has 0 saturated carbocycles. The molecule has 0 spiro atoms. The van der Waals surface area contributed by atoms with Crippen molar-refractivity contribution in [3.8, 4) is 0 Å². The monoisotopic (exact) mass is 406 g/mol. The summed E-state index contributed by atoms with van der Waals surface area (Å²) in [5, 5.41) is 9.12. The van der Waals surface area contributed by atoms with E-state index in [0.29, 0.717) is 0 Å². The molecule has 0 aliphatic heterocycles. The zero-order valence-electron chi connectivity index (χ0n) is 15.3. The molecule has 0 aliphatic rings. The van der Waals surface area contributed by atoms with Crippen LogP contribution in [0, 0.1) is 5.41 Å². The molecule has 10 heteroatoms. The van der Waals surface area contributed by atoms with Gasteiger partial charge in [-0.3, -0.25) is 20.5 Å². The maximum Gasteiger partial charge on any atom is 0.390 e. The number of alkyl halides is 3. The minimum absolute atomic E-state index is 0.0244. The third-order valence-corrected chi connectivity index (χ3v) is 3.93. The Morgan fingerprint density at radius 2 is 2.11 bits per heavy atom. The predicted molar refractivity (Wildman–Crippen MR) is 97.7 cm³/mol. The van der Waals surface area contributed by atoms with Crippen LogP contribution in [0.2, 0.25) is 0 Å². The van der Waals surface area contributed by atoms with Gasteiger partial charge >= 0.3 is 6.18 Å². The fourth-order valence-electron chi connectivity index (χ4n) is 2.26. The normalized spacial score (nSPS) is 12.3. The average Bonchev–Trinajstić information content (AvgIpc) is 2.61. The molecular formula is C17H24ClF3N5O+. The SMILES string of the molecule is CCN(C(=O)CCN(C)CCC(F)(F)F)/C(=C/[NH2+]c1cccnc1)C(=N)Cl. The number of hydrogen-bond donors (Lipinski definition) is 2. The van der Waals surface area contributed by atoms with Crippen LogP contribution in [-0.4, -0.2) is 58.7 Å². The molecule has 3 N–H and O–H groups in total. The van der Waals surface area contributed by atoms with E-state index in [2.05, 4.69) is 4.98 Å². The van der Waals surface area contributed by atoms with Crippen LogP contribution in [0.4, 0.5) is 18.9 Å². The first-order valence-electron chi connectivity index (χ1n) is 8.39. The number of nitrogens with one attached hydrogen (secondary N) is 1. The van der Waals surface area contributed by atoms with E-state index in [0.717, 1.165) is 5.69 Å². The molecule has 0 aromatic carbocycles. The minimum atomic E-state index is -4.22. The summed E-state index contributed by atoms with van der Waals surface area (Å²) in [4.78, 5) is 19.3. The number of quaternary nitrogens is 1. The summed E-state index contributed by atoms with van der Waals surface area (Å²) in [6, 6.07) is 3.57. The molecule has 1 aromatic heterocycles. The van der Waals surface area contributed by atoms with E-state index in [9.17, 15) is 18.0 Å². The average molecular weight is 407 g/mol. The Morgan fingerprint density at radius 3 is 2.63 bits per heavy atom. The summed E-state index contributed by atoms with van der Waals surface area (Å²) in [5.41, 5.74) is 1.01. The van der Waals surface area contributed by atoms with E-state index < -0.39 is 12.6 Å². The molecule has 1 heterocycles. The highest BCUT2D eigenvalue weighted by atomic mass is 35.5. The van der Waals surface area contributed by atoms with Gasteiger partial charge in [0.2, 0.25) is 5.91 Å². The van der Waals surface area contributed by atoms with E-state index in [1.807, 2.05) is 6.07 Å². The highest BCUT2D eigenvalue weighted by Gasteiger charge is 2.27. The van der Waals surface area contributed by atoms with Gasteiger partial charge in [0.25, 0.3) is 0 Å². The second-order valence-electron chi connectivity index (χ2n) is 5.88. The fourth-order valence-corrected chi connectivity index (χ4v) is 2.43. The Kier molecular flexibility index (Phi) is 9.40. The minimum Gasteiger partial charge on any atom is -0.306 e. The molecule has 0 aliphatic carbocycles. The van der Waals surface area contributed by atoms with Crippen molar-refractivity contribution in [3.63, 3.8) is 0 Å². The van der Waals surface area contributed by atoms with E-state index in [1.54, 1.807) is 36.9 Å². The molecule has 1 rings (SSSR count). The summed E-state index contributed by atoms with van der Waals surface area (Å²) in [7, 11) is 1.53.